The van der Waals surface area contributed by atoms with Gasteiger partial charge in [0.25, 0.3) is 0 Å². The number of hydrogen-bond donors (Lipinski definition) is 1. The zero-order valence-corrected chi connectivity index (χ0v) is 12.7. The van der Waals surface area contributed by atoms with Gasteiger partial charge in [-0.2, -0.15) is 0 Å². The molecule has 0 amide bonds. The van der Waals surface area contributed by atoms with Crippen molar-refractivity contribution in [1.29, 1.82) is 0 Å². The first-order valence-electron chi connectivity index (χ1n) is 5.83. The summed E-state index contributed by atoms with van der Waals surface area (Å²) in [5.41, 5.74) is 3.16. The van der Waals surface area contributed by atoms with Gasteiger partial charge in [-0.05, 0) is 42.9 Å². The van der Waals surface area contributed by atoms with Crippen molar-refractivity contribution in [2.24, 2.45) is 0 Å². The van der Waals surface area contributed by atoms with Gasteiger partial charge in [0.1, 0.15) is 5.82 Å². The molecule has 0 atom stereocenters. The number of nitrogens with zero attached hydrogens (tertiary/aromatic N) is 1. The van der Waals surface area contributed by atoms with Crippen LogP contribution >= 0.6 is 35.4 Å². The van der Waals surface area contributed by atoms with Crippen molar-refractivity contribution in [1.82, 2.24) is 9.55 Å². The summed E-state index contributed by atoms with van der Waals surface area (Å²) in [6.45, 7) is 1.96. The van der Waals surface area contributed by atoms with E-state index >= 15 is 0 Å². The Bertz CT molecular complexity index is 883. The molecule has 0 fully saturated rings. The van der Waals surface area contributed by atoms with Crippen molar-refractivity contribution in [3.63, 3.8) is 0 Å². The summed E-state index contributed by atoms with van der Waals surface area (Å²) in [7, 11) is 0. The standard InChI is InChI=1S/C14H9Cl2FN2S/c1-7-2-3-8(15)4-12(7)19-13-5-9(16)10(17)6-11(13)18-14(19)20/h2-6H,1H3,(H,18,20). The highest BCUT2D eigenvalue weighted by Crippen LogP contribution is 2.28. The minimum Gasteiger partial charge on any atom is -0.330 e. The Morgan fingerprint density at radius 1 is 1.20 bits per heavy atom. The van der Waals surface area contributed by atoms with E-state index in [-0.39, 0.29) is 5.02 Å². The molecular formula is C14H9Cl2FN2S. The Kier molecular flexibility index (Phi) is 3.32. The van der Waals surface area contributed by atoms with Crippen LogP contribution in [0.2, 0.25) is 10.0 Å². The quantitative estimate of drug-likeness (QED) is 0.590. The van der Waals surface area contributed by atoms with Gasteiger partial charge in [-0.25, -0.2) is 4.39 Å². The van der Waals surface area contributed by atoms with Crippen LogP contribution in [0.15, 0.2) is 30.3 Å². The van der Waals surface area contributed by atoms with Crippen LogP contribution in [-0.2, 0) is 0 Å². The van der Waals surface area contributed by atoms with Crippen LogP contribution in [-0.4, -0.2) is 9.55 Å². The van der Waals surface area contributed by atoms with Gasteiger partial charge in [-0.15, -0.1) is 0 Å². The lowest BCUT2D eigenvalue weighted by Gasteiger charge is -2.09. The second-order valence-electron chi connectivity index (χ2n) is 4.48. The Morgan fingerprint density at radius 3 is 2.70 bits per heavy atom. The SMILES string of the molecule is Cc1ccc(Cl)cc1-n1c(=S)[nH]c2cc(F)c(Cl)cc21. The molecule has 0 saturated heterocycles. The number of rotatable bonds is 1. The predicted octanol–water partition coefficient (Wildman–Crippen LogP) is 5.44. The number of benzene rings is 2. The number of hydrogen-bond acceptors (Lipinski definition) is 1. The average molecular weight is 327 g/mol. The van der Waals surface area contributed by atoms with Crippen molar-refractivity contribution in [2.75, 3.05) is 0 Å². The first kappa shape index (κ1) is 13.6. The molecule has 6 heteroatoms. The monoisotopic (exact) mass is 326 g/mol. The fourth-order valence-electron chi connectivity index (χ4n) is 2.16. The third-order valence-electron chi connectivity index (χ3n) is 3.14. The van der Waals surface area contributed by atoms with Crippen LogP contribution in [0.3, 0.4) is 0 Å². The number of aryl methyl sites for hydroxylation is 1. The zero-order valence-electron chi connectivity index (χ0n) is 10.4. The lowest BCUT2D eigenvalue weighted by molar-refractivity contribution is 0.630. The fourth-order valence-corrected chi connectivity index (χ4v) is 2.80. The molecule has 0 aliphatic carbocycles. The van der Waals surface area contributed by atoms with E-state index in [9.17, 15) is 4.39 Å². The molecule has 0 saturated carbocycles. The van der Waals surface area contributed by atoms with Crippen molar-refractivity contribution >= 4 is 46.5 Å². The lowest BCUT2D eigenvalue weighted by atomic mass is 10.2. The second kappa shape index (κ2) is 4.88. The highest BCUT2D eigenvalue weighted by Gasteiger charge is 2.12. The van der Waals surface area contributed by atoms with E-state index in [0.717, 1.165) is 11.3 Å². The molecular weight excluding hydrogens is 318 g/mol. The van der Waals surface area contributed by atoms with Crippen molar-refractivity contribution in [3.8, 4) is 5.69 Å². The second-order valence-corrected chi connectivity index (χ2v) is 5.71. The molecule has 1 N–H and O–H groups in total. The highest BCUT2D eigenvalue weighted by molar-refractivity contribution is 7.71. The molecule has 0 bridgehead atoms. The van der Waals surface area contributed by atoms with Crippen molar-refractivity contribution in [3.05, 3.63) is 56.5 Å². The molecule has 1 heterocycles. The van der Waals surface area contributed by atoms with Crippen LogP contribution in [0.25, 0.3) is 16.7 Å². The van der Waals surface area contributed by atoms with Gasteiger partial charge in [0.2, 0.25) is 0 Å². The molecule has 0 aliphatic heterocycles. The topological polar surface area (TPSA) is 20.7 Å². The third-order valence-corrected chi connectivity index (χ3v) is 3.95. The molecule has 2 aromatic carbocycles. The molecule has 3 rings (SSSR count). The first-order chi connectivity index (χ1) is 9.47. The Labute approximate surface area is 129 Å². The van der Waals surface area contributed by atoms with Crippen LogP contribution < -0.4 is 0 Å². The van der Waals surface area contributed by atoms with E-state index in [1.165, 1.54) is 6.07 Å². The highest BCUT2D eigenvalue weighted by atomic mass is 35.5. The summed E-state index contributed by atoms with van der Waals surface area (Å²) in [5, 5.41) is 0.662. The fraction of sp³-hybridized carbons (Fsp3) is 0.0714. The number of imidazole rings is 1. The molecule has 20 heavy (non-hydrogen) atoms. The van der Waals surface area contributed by atoms with Gasteiger partial charge in [0.15, 0.2) is 4.77 Å². The molecule has 2 nitrogen and oxygen atoms in total. The maximum Gasteiger partial charge on any atom is 0.182 e. The maximum atomic E-state index is 13.5. The Hall–Kier alpha value is -1.36. The number of halogens is 3. The largest absolute Gasteiger partial charge is 0.330 e. The number of H-pyrrole nitrogens is 1. The Balaban J connectivity index is 2.42. The van der Waals surface area contributed by atoms with E-state index in [4.69, 9.17) is 35.4 Å². The smallest absolute Gasteiger partial charge is 0.182 e. The van der Waals surface area contributed by atoms with Crippen LogP contribution in [0.4, 0.5) is 4.39 Å². The molecule has 102 valence electrons. The maximum absolute atomic E-state index is 13.5. The normalized spacial score (nSPS) is 11.2. The Morgan fingerprint density at radius 2 is 1.95 bits per heavy atom. The lowest BCUT2D eigenvalue weighted by Crippen LogP contribution is -1.97. The predicted molar refractivity (Wildman–Crippen MR) is 83.2 cm³/mol. The number of aromatic nitrogens is 2. The van der Waals surface area contributed by atoms with E-state index in [0.29, 0.717) is 20.8 Å². The summed E-state index contributed by atoms with van der Waals surface area (Å²) in [4.78, 5) is 2.98. The summed E-state index contributed by atoms with van der Waals surface area (Å²) in [6, 6.07) is 8.43. The molecule has 0 aliphatic rings. The number of aromatic amines is 1. The van der Waals surface area contributed by atoms with Gasteiger partial charge < -0.3 is 4.98 Å². The summed E-state index contributed by atoms with van der Waals surface area (Å²) in [6.07, 6.45) is 0. The zero-order chi connectivity index (χ0) is 14.4. The summed E-state index contributed by atoms with van der Waals surface area (Å²) in [5.74, 6) is -0.481. The molecule has 3 aromatic rings. The first-order valence-corrected chi connectivity index (χ1v) is 7.00. The molecule has 0 unspecified atom stereocenters. The number of nitrogens with one attached hydrogen (secondary N) is 1. The minimum atomic E-state index is -0.481. The van der Waals surface area contributed by atoms with Crippen LogP contribution in [0.1, 0.15) is 5.56 Å². The minimum absolute atomic E-state index is 0.0555. The summed E-state index contributed by atoms with van der Waals surface area (Å²) < 4.78 is 15.8. The van der Waals surface area contributed by atoms with Crippen LogP contribution in [0, 0.1) is 17.5 Å². The summed E-state index contributed by atoms with van der Waals surface area (Å²) >= 11 is 17.2. The van der Waals surface area contributed by atoms with Crippen LogP contribution in [0.5, 0.6) is 0 Å². The van der Waals surface area contributed by atoms with Gasteiger partial charge >= 0.3 is 0 Å². The third kappa shape index (κ3) is 2.14. The van der Waals surface area contributed by atoms with Gasteiger partial charge in [0, 0.05) is 11.1 Å². The molecule has 0 radical (unpaired) electrons. The van der Waals surface area contributed by atoms with Gasteiger partial charge in [0.05, 0.1) is 21.7 Å². The van der Waals surface area contributed by atoms with E-state index in [1.54, 1.807) is 10.6 Å². The van der Waals surface area contributed by atoms with E-state index in [1.807, 2.05) is 25.1 Å². The molecule has 1 aromatic heterocycles. The average Bonchev–Trinajstić information content (AvgIpc) is 2.69. The van der Waals surface area contributed by atoms with Gasteiger partial charge in [-0.1, -0.05) is 29.3 Å². The van der Waals surface area contributed by atoms with E-state index in [2.05, 4.69) is 4.98 Å². The van der Waals surface area contributed by atoms with E-state index < -0.39 is 5.82 Å². The van der Waals surface area contributed by atoms with Crippen molar-refractivity contribution in [2.45, 2.75) is 6.92 Å². The molecule has 0 spiro atoms. The van der Waals surface area contributed by atoms with Gasteiger partial charge in [-0.3, -0.25) is 4.57 Å². The van der Waals surface area contributed by atoms with Crippen molar-refractivity contribution < 1.29 is 4.39 Å². The number of fused-ring (bicyclic) bond motifs is 1.